The van der Waals surface area contributed by atoms with Gasteiger partial charge in [-0.05, 0) is 35.4 Å². The molecule has 4 rings (SSSR count). The smallest absolute Gasteiger partial charge is 0.235 e. The Balaban J connectivity index is 1.58. The number of anilines is 2. The summed E-state index contributed by atoms with van der Waals surface area (Å²) in [6.45, 7) is 0.415. The second-order valence-corrected chi connectivity index (χ2v) is 7.20. The van der Waals surface area contributed by atoms with Crippen molar-refractivity contribution in [3.05, 3.63) is 71.3 Å². The third kappa shape index (κ3) is 4.37. The van der Waals surface area contributed by atoms with Crippen LogP contribution in [0.4, 0.5) is 15.9 Å². The van der Waals surface area contributed by atoms with Gasteiger partial charge >= 0.3 is 0 Å². The van der Waals surface area contributed by atoms with E-state index < -0.39 is 5.82 Å². The fourth-order valence-corrected chi connectivity index (χ4v) is 3.23. The third-order valence-electron chi connectivity index (χ3n) is 4.48. The lowest BCUT2D eigenvalue weighted by Crippen LogP contribution is -2.23. The minimum atomic E-state index is -0.482. The zero-order valence-electron chi connectivity index (χ0n) is 15.5. The van der Waals surface area contributed by atoms with Gasteiger partial charge in [-0.3, -0.25) is 4.79 Å². The van der Waals surface area contributed by atoms with Gasteiger partial charge < -0.3 is 15.6 Å². The number of halogens is 3. The molecule has 152 valence electrons. The highest BCUT2D eigenvalue weighted by molar-refractivity contribution is 6.31. The summed E-state index contributed by atoms with van der Waals surface area (Å²) in [4.78, 5) is 23.1. The van der Waals surface area contributed by atoms with E-state index in [1.54, 1.807) is 6.07 Å². The molecule has 0 bridgehead atoms. The van der Waals surface area contributed by atoms with E-state index in [0.29, 0.717) is 23.7 Å². The molecule has 30 heavy (non-hydrogen) atoms. The number of aromatic amines is 1. The Bertz CT molecular complexity index is 1210. The Morgan fingerprint density at radius 3 is 2.63 bits per heavy atom. The number of aromatic nitrogens is 3. The zero-order valence-corrected chi connectivity index (χ0v) is 17.1. The molecule has 2 aromatic heterocycles. The third-order valence-corrected chi connectivity index (χ3v) is 5.02. The number of nitrogens with one attached hydrogen (secondary N) is 3. The summed E-state index contributed by atoms with van der Waals surface area (Å²) in [5.74, 6) is -0.179. The largest absolute Gasteiger partial charge is 0.351 e. The average molecular weight is 444 g/mol. The quantitative estimate of drug-likeness (QED) is 0.365. The molecule has 9 heteroatoms. The van der Waals surface area contributed by atoms with Crippen LogP contribution < -0.4 is 10.6 Å². The SMILES string of the molecule is O=C(CCl)NCc1ccc(-c2cc3c(Nc4ccc(F)c(Cl)c4)ncnc3[nH]2)cc1. The number of nitrogens with zero attached hydrogens (tertiary/aromatic N) is 2. The van der Waals surface area contributed by atoms with E-state index in [-0.39, 0.29) is 16.8 Å². The molecular weight excluding hydrogens is 428 g/mol. The molecule has 0 unspecified atom stereocenters. The number of carbonyl (C=O) groups is 1. The summed E-state index contributed by atoms with van der Waals surface area (Å²) >= 11 is 11.3. The highest BCUT2D eigenvalue weighted by atomic mass is 35.5. The maximum Gasteiger partial charge on any atom is 0.235 e. The Hall–Kier alpha value is -3.16. The monoisotopic (exact) mass is 443 g/mol. The molecule has 1 amide bonds. The highest BCUT2D eigenvalue weighted by Crippen LogP contribution is 2.29. The van der Waals surface area contributed by atoms with E-state index in [1.807, 2.05) is 30.3 Å². The van der Waals surface area contributed by atoms with Gasteiger partial charge in [0.25, 0.3) is 0 Å². The number of benzene rings is 2. The number of hydrogen-bond donors (Lipinski definition) is 3. The van der Waals surface area contributed by atoms with Crippen LogP contribution in [0, 0.1) is 5.82 Å². The zero-order chi connectivity index (χ0) is 21.1. The second-order valence-electron chi connectivity index (χ2n) is 6.53. The number of hydrogen-bond acceptors (Lipinski definition) is 4. The maximum atomic E-state index is 13.4. The van der Waals surface area contributed by atoms with Crippen LogP contribution in [0.25, 0.3) is 22.3 Å². The predicted octanol–water partition coefficient (Wildman–Crippen LogP) is 5.02. The summed E-state index contributed by atoms with van der Waals surface area (Å²) in [5.41, 5.74) is 4.06. The number of H-pyrrole nitrogens is 1. The highest BCUT2D eigenvalue weighted by Gasteiger charge is 2.11. The van der Waals surface area contributed by atoms with E-state index >= 15 is 0 Å². The van der Waals surface area contributed by atoms with Crippen LogP contribution in [-0.2, 0) is 11.3 Å². The van der Waals surface area contributed by atoms with Gasteiger partial charge in [0.1, 0.15) is 29.5 Å². The first-order valence-corrected chi connectivity index (χ1v) is 9.92. The van der Waals surface area contributed by atoms with Gasteiger partial charge in [0.15, 0.2) is 0 Å². The summed E-state index contributed by atoms with van der Waals surface area (Å²) in [7, 11) is 0. The van der Waals surface area contributed by atoms with Crippen LogP contribution in [0.1, 0.15) is 5.56 Å². The van der Waals surface area contributed by atoms with Gasteiger partial charge in [0.05, 0.1) is 10.4 Å². The van der Waals surface area contributed by atoms with Crippen LogP contribution in [0.5, 0.6) is 0 Å². The number of carbonyl (C=O) groups excluding carboxylic acids is 1. The standard InChI is InChI=1S/C21H16Cl2FN5O/c22-9-19(30)25-10-12-1-3-13(4-2-12)18-8-15-20(26-11-27-21(15)29-18)28-14-5-6-17(24)16(23)7-14/h1-8,11H,9-10H2,(H,25,30)(H2,26,27,28,29). The van der Waals surface area contributed by atoms with Crippen molar-refractivity contribution < 1.29 is 9.18 Å². The molecule has 3 N–H and O–H groups in total. The summed E-state index contributed by atoms with van der Waals surface area (Å²) in [5, 5.41) is 6.69. The van der Waals surface area contributed by atoms with E-state index in [1.165, 1.54) is 18.5 Å². The molecule has 0 fully saturated rings. The molecule has 0 aliphatic heterocycles. The number of fused-ring (bicyclic) bond motifs is 1. The Labute approximate surface area is 181 Å². The molecule has 2 heterocycles. The van der Waals surface area contributed by atoms with Gasteiger partial charge in [-0.15, -0.1) is 11.6 Å². The van der Waals surface area contributed by atoms with Crippen LogP contribution in [0.3, 0.4) is 0 Å². The van der Waals surface area contributed by atoms with Crippen molar-refractivity contribution in [1.82, 2.24) is 20.3 Å². The maximum absolute atomic E-state index is 13.4. The van der Waals surface area contributed by atoms with E-state index in [9.17, 15) is 9.18 Å². The minimum Gasteiger partial charge on any atom is -0.351 e. The van der Waals surface area contributed by atoms with E-state index in [0.717, 1.165) is 22.2 Å². The summed E-state index contributed by atoms with van der Waals surface area (Å²) < 4.78 is 13.4. The van der Waals surface area contributed by atoms with E-state index in [2.05, 4.69) is 25.6 Å². The first kappa shape index (κ1) is 20.1. The molecule has 0 spiro atoms. The molecule has 4 aromatic rings. The predicted molar refractivity (Wildman–Crippen MR) is 117 cm³/mol. The fourth-order valence-electron chi connectivity index (χ4n) is 2.96. The Kier molecular flexibility index (Phi) is 5.83. The minimum absolute atomic E-state index is 0.0300. The Morgan fingerprint density at radius 1 is 1.10 bits per heavy atom. The van der Waals surface area contributed by atoms with Crippen molar-refractivity contribution in [2.24, 2.45) is 0 Å². The average Bonchev–Trinajstić information content (AvgIpc) is 3.20. The van der Waals surface area contributed by atoms with Crippen LogP contribution in [-0.4, -0.2) is 26.7 Å². The normalized spacial score (nSPS) is 10.9. The lowest BCUT2D eigenvalue weighted by molar-refractivity contribution is -0.118. The van der Waals surface area contributed by atoms with Gasteiger partial charge in [-0.2, -0.15) is 0 Å². The van der Waals surface area contributed by atoms with Crippen LogP contribution >= 0.6 is 23.2 Å². The first-order chi connectivity index (χ1) is 14.5. The van der Waals surface area contributed by atoms with Crippen molar-refractivity contribution in [1.29, 1.82) is 0 Å². The second kappa shape index (κ2) is 8.69. The van der Waals surface area contributed by atoms with Gasteiger partial charge in [0.2, 0.25) is 5.91 Å². The van der Waals surface area contributed by atoms with Crippen LogP contribution in [0.15, 0.2) is 54.9 Å². The first-order valence-electron chi connectivity index (χ1n) is 9.01. The fraction of sp³-hybridized carbons (Fsp3) is 0.0952. The topological polar surface area (TPSA) is 82.7 Å². The van der Waals surface area contributed by atoms with Crippen molar-refractivity contribution >= 4 is 51.6 Å². The number of amides is 1. The molecule has 0 aliphatic rings. The van der Waals surface area contributed by atoms with Gasteiger partial charge in [0, 0.05) is 17.9 Å². The lowest BCUT2D eigenvalue weighted by atomic mass is 10.1. The summed E-state index contributed by atoms with van der Waals surface area (Å²) in [6.07, 6.45) is 1.44. The molecule has 0 saturated carbocycles. The Morgan fingerprint density at radius 2 is 1.90 bits per heavy atom. The molecule has 6 nitrogen and oxygen atoms in total. The molecule has 0 atom stereocenters. The lowest BCUT2D eigenvalue weighted by Gasteiger charge is -2.06. The van der Waals surface area contributed by atoms with Gasteiger partial charge in [-0.1, -0.05) is 35.9 Å². The van der Waals surface area contributed by atoms with Gasteiger partial charge in [-0.25, -0.2) is 14.4 Å². The summed E-state index contributed by atoms with van der Waals surface area (Å²) in [6, 6.07) is 14.1. The number of alkyl halides is 1. The molecule has 0 radical (unpaired) electrons. The van der Waals surface area contributed by atoms with Crippen molar-refractivity contribution in [2.75, 3.05) is 11.2 Å². The molecule has 2 aromatic carbocycles. The van der Waals surface area contributed by atoms with Crippen molar-refractivity contribution in [3.63, 3.8) is 0 Å². The molecule has 0 aliphatic carbocycles. The van der Waals surface area contributed by atoms with Crippen molar-refractivity contribution in [3.8, 4) is 11.3 Å². The number of rotatable bonds is 6. The van der Waals surface area contributed by atoms with E-state index in [4.69, 9.17) is 23.2 Å². The molecule has 0 saturated heterocycles. The van der Waals surface area contributed by atoms with Crippen LogP contribution in [0.2, 0.25) is 5.02 Å². The van der Waals surface area contributed by atoms with Crippen molar-refractivity contribution in [2.45, 2.75) is 6.54 Å². The molecular formula is C21H16Cl2FN5O.